The maximum absolute atomic E-state index is 5.77. The maximum Gasteiger partial charge on any atom is 0.121 e. The maximum atomic E-state index is 5.77. The lowest BCUT2D eigenvalue weighted by atomic mass is 10.3. The summed E-state index contributed by atoms with van der Waals surface area (Å²) in [4.78, 5) is 2.09. The number of nitrogens with zero attached hydrogens (tertiary/aromatic N) is 1. The van der Waals surface area contributed by atoms with Gasteiger partial charge in [-0.1, -0.05) is 6.07 Å². The van der Waals surface area contributed by atoms with E-state index < -0.39 is 0 Å². The van der Waals surface area contributed by atoms with E-state index in [1.54, 1.807) is 0 Å². The normalized spacial score (nSPS) is 14.6. The van der Waals surface area contributed by atoms with Crippen LogP contribution in [0.15, 0.2) is 24.3 Å². The smallest absolute Gasteiger partial charge is 0.121 e. The minimum atomic E-state index is 0.809. The van der Waals surface area contributed by atoms with Crippen LogP contribution in [0.4, 0.5) is 5.69 Å². The zero-order chi connectivity index (χ0) is 12.8. The Morgan fingerprint density at radius 1 is 1.28 bits per heavy atom. The van der Waals surface area contributed by atoms with Crippen LogP contribution in [0.2, 0.25) is 0 Å². The third kappa shape index (κ3) is 4.57. The van der Waals surface area contributed by atoms with E-state index in [1.165, 1.54) is 24.9 Å². The van der Waals surface area contributed by atoms with E-state index in [1.807, 2.05) is 26.2 Å². The van der Waals surface area contributed by atoms with Crippen molar-refractivity contribution in [2.45, 2.75) is 31.7 Å². The number of hydrogen-bond donors (Lipinski definition) is 1. The van der Waals surface area contributed by atoms with Gasteiger partial charge in [-0.2, -0.15) is 0 Å². The van der Waals surface area contributed by atoms with Gasteiger partial charge < -0.3 is 15.0 Å². The summed E-state index contributed by atoms with van der Waals surface area (Å²) in [5.74, 6) is 0.969. The number of hydrogen-bond acceptors (Lipinski definition) is 3. The molecule has 0 radical (unpaired) electrons. The Bertz CT molecular complexity index is 361. The Morgan fingerprint density at radius 3 is 2.83 bits per heavy atom. The molecular formula is C15H24N2O. The molecule has 0 heterocycles. The highest BCUT2D eigenvalue weighted by molar-refractivity contribution is 5.49. The first-order chi connectivity index (χ1) is 8.75. The van der Waals surface area contributed by atoms with Gasteiger partial charge in [0.25, 0.3) is 0 Å². The quantitative estimate of drug-likeness (QED) is 0.716. The Hall–Kier alpha value is -1.22. The summed E-state index contributed by atoms with van der Waals surface area (Å²) in [6.45, 7) is 1.94. The molecule has 1 aliphatic carbocycles. The van der Waals surface area contributed by atoms with Crippen molar-refractivity contribution >= 4 is 5.69 Å². The van der Waals surface area contributed by atoms with Crippen LogP contribution in [0.5, 0.6) is 5.75 Å². The molecule has 1 saturated carbocycles. The van der Waals surface area contributed by atoms with Gasteiger partial charge in [-0.3, -0.25) is 0 Å². The van der Waals surface area contributed by atoms with Gasteiger partial charge in [0, 0.05) is 31.9 Å². The molecule has 0 bridgehead atoms. The van der Waals surface area contributed by atoms with Crippen LogP contribution in [0.3, 0.4) is 0 Å². The van der Waals surface area contributed by atoms with Crippen LogP contribution in [-0.2, 0) is 0 Å². The van der Waals surface area contributed by atoms with E-state index >= 15 is 0 Å². The standard InChI is InChI=1S/C15H24N2O/c1-17(2)14-6-5-7-15(12-14)18-11-4-3-10-16-13-8-9-13/h5-7,12-13,16H,3-4,8-11H2,1-2H3. The molecule has 0 saturated heterocycles. The number of anilines is 1. The van der Waals surface area contributed by atoms with Crippen LogP contribution in [0, 0.1) is 0 Å². The van der Waals surface area contributed by atoms with Gasteiger partial charge in [0.1, 0.15) is 5.75 Å². The van der Waals surface area contributed by atoms with Crippen LogP contribution in [0.1, 0.15) is 25.7 Å². The van der Waals surface area contributed by atoms with Gasteiger partial charge in [-0.05, 0) is 44.4 Å². The van der Waals surface area contributed by atoms with Gasteiger partial charge in [-0.25, -0.2) is 0 Å². The summed E-state index contributed by atoms with van der Waals surface area (Å²) < 4.78 is 5.77. The lowest BCUT2D eigenvalue weighted by Crippen LogP contribution is -2.17. The van der Waals surface area contributed by atoms with E-state index in [0.29, 0.717) is 0 Å². The van der Waals surface area contributed by atoms with Gasteiger partial charge in [0.15, 0.2) is 0 Å². The Labute approximate surface area is 110 Å². The van der Waals surface area contributed by atoms with Gasteiger partial charge in [0.2, 0.25) is 0 Å². The topological polar surface area (TPSA) is 24.5 Å². The molecule has 100 valence electrons. The molecular weight excluding hydrogens is 224 g/mol. The van der Waals surface area contributed by atoms with Crippen molar-refractivity contribution in [3.8, 4) is 5.75 Å². The summed E-state index contributed by atoms with van der Waals surface area (Å²) in [5.41, 5.74) is 1.18. The first-order valence-corrected chi connectivity index (χ1v) is 6.89. The monoisotopic (exact) mass is 248 g/mol. The number of unbranched alkanes of at least 4 members (excludes halogenated alkanes) is 1. The first-order valence-electron chi connectivity index (χ1n) is 6.89. The van der Waals surface area contributed by atoms with Crippen molar-refractivity contribution in [3.05, 3.63) is 24.3 Å². The molecule has 3 nitrogen and oxygen atoms in total. The first kappa shape index (κ1) is 13.2. The molecule has 0 aromatic heterocycles. The molecule has 18 heavy (non-hydrogen) atoms. The average molecular weight is 248 g/mol. The van der Waals surface area contributed by atoms with Crippen molar-refractivity contribution in [3.63, 3.8) is 0 Å². The van der Waals surface area contributed by atoms with Crippen molar-refractivity contribution in [2.24, 2.45) is 0 Å². The molecule has 0 aliphatic heterocycles. The van der Waals surface area contributed by atoms with E-state index in [2.05, 4.69) is 22.3 Å². The molecule has 0 spiro atoms. The lowest BCUT2D eigenvalue weighted by Gasteiger charge is -2.14. The fraction of sp³-hybridized carbons (Fsp3) is 0.600. The summed E-state index contributed by atoms with van der Waals surface area (Å²) >= 11 is 0. The molecule has 2 rings (SSSR count). The Balaban J connectivity index is 1.61. The molecule has 1 aromatic rings. The van der Waals surface area contributed by atoms with Crippen molar-refractivity contribution in [1.82, 2.24) is 5.32 Å². The third-order valence-corrected chi connectivity index (χ3v) is 3.18. The van der Waals surface area contributed by atoms with Crippen LogP contribution in [-0.4, -0.2) is 33.3 Å². The highest BCUT2D eigenvalue weighted by atomic mass is 16.5. The van der Waals surface area contributed by atoms with E-state index in [0.717, 1.165) is 31.4 Å². The predicted octanol–water partition coefficient (Wildman–Crippen LogP) is 2.66. The number of rotatable bonds is 8. The molecule has 1 aromatic carbocycles. The largest absolute Gasteiger partial charge is 0.494 e. The fourth-order valence-corrected chi connectivity index (χ4v) is 1.86. The van der Waals surface area contributed by atoms with E-state index in [-0.39, 0.29) is 0 Å². The molecule has 3 heteroatoms. The molecule has 1 N–H and O–H groups in total. The van der Waals surface area contributed by atoms with Gasteiger partial charge in [-0.15, -0.1) is 0 Å². The second kappa shape index (κ2) is 6.64. The highest BCUT2D eigenvalue weighted by Crippen LogP contribution is 2.20. The third-order valence-electron chi connectivity index (χ3n) is 3.18. The summed E-state index contributed by atoms with van der Waals surface area (Å²) in [7, 11) is 4.09. The second-order valence-electron chi connectivity index (χ2n) is 5.18. The average Bonchev–Trinajstić information content (AvgIpc) is 3.18. The molecule has 0 atom stereocenters. The Kier molecular flexibility index (Phi) is 4.88. The molecule has 0 amide bonds. The second-order valence-corrected chi connectivity index (χ2v) is 5.18. The van der Waals surface area contributed by atoms with Crippen LogP contribution < -0.4 is 15.0 Å². The lowest BCUT2D eigenvalue weighted by molar-refractivity contribution is 0.306. The Morgan fingerprint density at radius 2 is 2.11 bits per heavy atom. The predicted molar refractivity (Wildman–Crippen MR) is 76.5 cm³/mol. The number of nitrogens with one attached hydrogen (secondary N) is 1. The highest BCUT2D eigenvalue weighted by Gasteiger charge is 2.19. The van der Waals surface area contributed by atoms with E-state index in [9.17, 15) is 0 Å². The van der Waals surface area contributed by atoms with Crippen molar-refractivity contribution < 1.29 is 4.74 Å². The summed E-state index contributed by atoms with van der Waals surface area (Å²) in [6, 6.07) is 9.06. The van der Waals surface area contributed by atoms with Crippen LogP contribution in [0.25, 0.3) is 0 Å². The minimum absolute atomic E-state index is 0.809. The van der Waals surface area contributed by atoms with Gasteiger partial charge >= 0.3 is 0 Å². The zero-order valence-electron chi connectivity index (χ0n) is 11.5. The number of benzene rings is 1. The fourth-order valence-electron chi connectivity index (χ4n) is 1.86. The zero-order valence-corrected chi connectivity index (χ0v) is 11.5. The molecule has 1 aliphatic rings. The van der Waals surface area contributed by atoms with E-state index in [4.69, 9.17) is 4.74 Å². The minimum Gasteiger partial charge on any atom is -0.494 e. The molecule has 0 unspecified atom stereocenters. The van der Waals surface area contributed by atoms with Crippen LogP contribution >= 0.6 is 0 Å². The van der Waals surface area contributed by atoms with Gasteiger partial charge in [0.05, 0.1) is 6.61 Å². The summed E-state index contributed by atoms with van der Waals surface area (Å²) in [6.07, 6.45) is 5.05. The van der Waals surface area contributed by atoms with Crippen molar-refractivity contribution in [2.75, 3.05) is 32.1 Å². The summed E-state index contributed by atoms with van der Waals surface area (Å²) in [5, 5.41) is 3.52. The SMILES string of the molecule is CN(C)c1cccc(OCCCCNC2CC2)c1. The van der Waals surface area contributed by atoms with Crippen molar-refractivity contribution in [1.29, 1.82) is 0 Å². The molecule has 1 fully saturated rings. The number of ether oxygens (including phenoxy) is 1.